The Bertz CT molecular complexity index is 643. The monoisotopic (exact) mass is 503 g/mol. The summed E-state index contributed by atoms with van der Waals surface area (Å²) < 4.78 is 40.5. The van der Waals surface area contributed by atoms with E-state index in [2.05, 4.69) is 19.6 Å². The van der Waals surface area contributed by atoms with Crippen LogP contribution in [-0.4, -0.2) is 114 Å². The highest BCUT2D eigenvalue weighted by Gasteiger charge is 2.52. The van der Waals surface area contributed by atoms with Gasteiger partial charge >= 0.3 is 0 Å². The number of carboxylic acids is 1. The smallest absolute Gasteiger partial charge is 0.217 e. The van der Waals surface area contributed by atoms with Gasteiger partial charge in [0.05, 0.1) is 5.97 Å². The Balaban J connectivity index is 2.26. The van der Waals surface area contributed by atoms with Gasteiger partial charge in [-0.05, 0) is 0 Å². The minimum Gasteiger partial charge on any atom is -0.774 e. The average Bonchev–Trinajstić information content (AvgIpc) is 2.77. The van der Waals surface area contributed by atoms with Crippen LogP contribution in [-0.2, 0) is 47.5 Å². The van der Waals surface area contributed by atoms with Crippen molar-refractivity contribution >= 4 is 24.2 Å². The van der Waals surface area contributed by atoms with Crippen LogP contribution in [0.4, 0.5) is 0 Å². The minimum absolute atomic E-state index is 0.399. The number of nitrogens with one attached hydrogen (secondary N) is 1. The van der Waals surface area contributed by atoms with Crippen LogP contribution in [0.1, 0.15) is 6.92 Å². The van der Waals surface area contributed by atoms with E-state index in [0.717, 1.165) is 7.11 Å². The molecule has 0 bridgehead atoms. The maximum absolute atomic E-state index is 11.7. The third kappa shape index (κ3) is 6.92. The van der Waals surface area contributed by atoms with Gasteiger partial charge < -0.3 is 58.8 Å². The molecule has 0 spiro atoms. The zero-order valence-corrected chi connectivity index (χ0v) is 18.4. The van der Waals surface area contributed by atoms with Crippen molar-refractivity contribution in [3.8, 4) is 0 Å². The first-order chi connectivity index (χ1) is 15.7. The first kappa shape index (κ1) is 28.1. The van der Waals surface area contributed by atoms with Crippen molar-refractivity contribution in [2.75, 3.05) is 20.8 Å². The van der Waals surface area contributed by atoms with Gasteiger partial charge in [-0.15, -0.1) is 4.33 Å². The van der Waals surface area contributed by atoms with E-state index in [9.17, 15) is 34.6 Å². The highest BCUT2D eigenvalue weighted by Crippen LogP contribution is 2.30. The highest BCUT2D eigenvalue weighted by atomic mass is 32.2. The van der Waals surface area contributed by atoms with Crippen LogP contribution < -0.4 is 10.4 Å². The third-order valence-corrected chi connectivity index (χ3v) is 5.06. The molecule has 0 aromatic heterocycles. The van der Waals surface area contributed by atoms with Crippen LogP contribution in [0.2, 0.25) is 0 Å². The summed E-state index contributed by atoms with van der Waals surface area (Å²) in [5.41, 5.74) is 0. The molecule has 10 atom stereocenters. The van der Waals surface area contributed by atoms with E-state index in [1.807, 2.05) is 0 Å². The van der Waals surface area contributed by atoms with Crippen LogP contribution in [0.5, 0.6) is 0 Å². The van der Waals surface area contributed by atoms with Crippen molar-refractivity contribution < 1.29 is 72.5 Å². The second-order valence-electron chi connectivity index (χ2n) is 7.01. The van der Waals surface area contributed by atoms with E-state index >= 15 is 0 Å². The number of ether oxygens (including phenoxy) is 5. The minimum atomic E-state index is -1.83. The summed E-state index contributed by atoms with van der Waals surface area (Å²) in [6.07, 6.45) is -14.3. The lowest BCUT2D eigenvalue weighted by molar-refractivity contribution is -0.471. The Morgan fingerprint density at radius 1 is 1.03 bits per heavy atom. The maximum Gasteiger partial charge on any atom is 0.217 e. The molecule has 0 aromatic rings. The molecule has 2 saturated heterocycles. The van der Waals surface area contributed by atoms with Crippen molar-refractivity contribution in [1.82, 2.24) is 5.32 Å². The molecule has 4 N–H and O–H groups in total. The molecule has 17 heteroatoms. The van der Waals surface area contributed by atoms with Gasteiger partial charge in [0, 0.05) is 21.1 Å². The molecule has 2 fully saturated rings. The molecule has 0 aliphatic carbocycles. The lowest BCUT2D eigenvalue weighted by atomic mass is 9.95. The standard InChI is InChI=1S/C16H27NO15S/c1-5(18)17-7-11(8(19)6(28-15(7)26-3)4-27-31-32-33-24)29-16-10(21)9(20)12(25-2)13(30-16)14(22)23/h6-13,15-16,19-21,24H,4H2,1-3H3,(H,17,18)(H,22,23)/p-2/t6?,7?,8-,9+,10?,11+,12-,13?,15+,16+/m0/s1. The Labute approximate surface area is 191 Å². The molecule has 0 aromatic carbocycles. The molecule has 2 rings (SSSR count). The van der Waals surface area contributed by atoms with Gasteiger partial charge in [-0.3, -0.25) is 4.79 Å². The normalized spacial score (nSPS) is 39.2. The zero-order chi connectivity index (χ0) is 24.7. The van der Waals surface area contributed by atoms with Gasteiger partial charge in [0.2, 0.25) is 5.91 Å². The highest BCUT2D eigenvalue weighted by molar-refractivity contribution is 7.88. The quantitative estimate of drug-likeness (QED) is 0.0901. The zero-order valence-electron chi connectivity index (χ0n) is 17.6. The number of rotatable bonds is 11. The number of aliphatic hydroxyl groups is 3. The molecule has 0 radical (unpaired) electrons. The number of methoxy groups -OCH3 is 2. The predicted molar refractivity (Wildman–Crippen MR) is 97.1 cm³/mol. The lowest BCUT2D eigenvalue weighted by Gasteiger charge is -2.47. The molecular weight excluding hydrogens is 478 g/mol. The van der Waals surface area contributed by atoms with Crippen molar-refractivity contribution in [3.05, 3.63) is 0 Å². The molecule has 4 unspecified atom stereocenters. The van der Waals surface area contributed by atoms with E-state index in [1.54, 1.807) is 0 Å². The Morgan fingerprint density at radius 3 is 2.27 bits per heavy atom. The summed E-state index contributed by atoms with van der Waals surface area (Å²) in [6, 6.07) is -1.19. The van der Waals surface area contributed by atoms with Crippen LogP contribution in [0.25, 0.3) is 0 Å². The molecule has 2 aliphatic rings. The Hall–Kier alpha value is -1.19. The molecular formula is C16H25NO15S-2. The number of amides is 1. The topological polar surface area (TPSA) is 227 Å². The third-order valence-electron chi connectivity index (χ3n) is 4.95. The van der Waals surface area contributed by atoms with E-state index in [4.69, 9.17) is 23.7 Å². The van der Waals surface area contributed by atoms with Gasteiger partial charge in [-0.1, -0.05) is 17.4 Å². The Kier molecular flexibility index (Phi) is 11.1. The summed E-state index contributed by atoms with van der Waals surface area (Å²) in [4.78, 5) is 27.7. The fraction of sp³-hybridized carbons (Fsp3) is 0.875. The fourth-order valence-corrected chi connectivity index (χ4v) is 3.55. The average molecular weight is 503 g/mol. The number of aliphatic hydroxyl groups excluding tert-OH is 3. The molecule has 2 heterocycles. The molecule has 33 heavy (non-hydrogen) atoms. The van der Waals surface area contributed by atoms with Crippen LogP contribution >= 0.6 is 12.3 Å². The molecule has 16 nitrogen and oxygen atoms in total. The SMILES string of the molecule is CO[C@@H]1OC(COOOS[O-])[C@H](O)[C@H](O[C@@H]2OC(C(=O)[O-])[C@@H](OC)[C@H](O)C2O)C1NC(C)=O. The first-order valence-corrected chi connectivity index (χ1v) is 10.1. The number of carbonyl (C=O) groups excluding carboxylic acids is 2. The molecule has 192 valence electrons. The number of hydrogen-bond acceptors (Lipinski definition) is 16. The summed E-state index contributed by atoms with van der Waals surface area (Å²) in [7, 11) is 2.33. The summed E-state index contributed by atoms with van der Waals surface area (Å²) >= 11 is -0.399. The Morgan fingerprint density at radius 2 is 1.73 bits per heavy atom. The van der Waals surface area contributed by atoms with Gasteiger partial charge in [-0.2, -0.15) is 0 Å². The largest absolute Gasteiger partial charge is 0.774 e. The maximum atomic E-state index is 11.7. The molecule has 1 amide bonds. The fourth-order valence-electron chi connectivity index (χ4n) is 3.49. The van der Waals surface area contributed by atoms with E-state index in [0.29, 0.717) is 0 Å². The molecule has 0 saturated carbocycles. The van der Waals surface area contributed by atoms with Crippen molar-refractivity contribution in [2.24, 2.45) is 0 Å². The number of hydrogen-bond donors (Lipinski definition) is 4. The van der Waals surface area contributed by atoms with Crippen molar-refractivity contribution in [1.29, 1.82) is 0 Å². The number of aliphatic carboxylic acids is 1. The van der Waals surface area contributed by atoms with Gasteiger partial charge in [0.15, 0.2) is 12.6 Å². The van der Waals surface area contributed by atoms with E-state index < -0.39 is 92.2 Å². The van der Waals surface area contributed by atoms with Gasteiger partial charge in [0.1, 0.15) is 55.4 Å². The second kappa shape index (κ2) is 13.0. The number of carboxylic acid groups (broad SMARTS) is 1. The lowest BCUT2D eigenvalue weighted by Crippen LogP contribution is -2.68. The van der Waals surface area contributed by atoms with E-state index in [1.165, 1.54) is 14.0 Å². The van der Waals surface area contributed by atoms with Crippen molar-refractivity contribution in [3.63, 3.8) is 0 Å². The first-order valence-electron chi connectivity index (χ1n) is 9.45. The molecule has 2 aliphatic heterocycles. The van der Waals surface area contributed by atoms with E-state index in [-0.39, 0.29) is 0 Å². The second-order valence-corrected chi connectivity index (χ2v) is 7.28. The van der Waals surface area contributed by atoms with Crippen LogP contribution in [0.3, 0.4) is 0 Å². The van der Waals surface area contributed by atoms with Gasteiger partial charge in [0.25, 0.3) is 0 Å². The van der Waals surface area contributed by atoms with Crippen LogP contribution in [0, 0.1) is 0 Å². The van der Waals surface area contributed by atoms with Crippen molar-refractivity contribution in [2.45, 2.75) is 68.3 Å². The summed E-state index contributed by atoms with van der Waals surface area (Å²) in [5, 5.41) is 49.4. The van der Waals surface area contributed by atoms with Crippen LogP contribution in [0.15, 0.2) is 0 Å². The number of carbonyl (C=O) groups is 2. The predicted octanol–water partition coefficient (Wildman–Crippen LogP) is -4.52. The summed E-state index contributed by atoms with van der Waals surface area (Å²) in [5.74, 6) is -2.32. The summed E-state index contributed by atoms with van der Waals surface area (Å²) in [6.45, 7) is 0.653. The van der Waals surface area contributed by atoms with Gasteiger partial charge in [-0.25, -0.2) is 4.89 Å².